The van der Waals surface area contributed by atoms with Crippen molar-refractivity contribution in [2.24, 2.45) is 0 Å². The molecule has 19 heavy (non-hydrogen) atoms. The van der Waals surface area contributed by atoms with Crippen molar-refractivity contribution in [2.45, 2.75) is 38.1 Å². The monoisotopic (exact) mass is 261 g/mol. The molecule has 0 unspecified atom stereocenters. The predicted octanol–water partition coefficient (Wildman–Crippen LogP) is 1.25. The summed E-state index contributed by atoms with van der Waals surface area (Å²) in [6.07, 6.45) is 5.75. The molecule has 0 saturated carbocycles. The number of carbonyl (C=O) groups is 2. The third-order valence-electron chi connectivity index (χ3n) is 4.00. The van der Waals surface area contributed by atoms with Crippen LogP contribution >= 0.6 is 0 Å². The van der Waals surface area contributed by atoms with E-state index < -0.39 is 0 Å². The standard InChI is InChI=1S/C14H19N3O2/c18-9-10-8-13-11(16-10)4-1-2-7-17(13)14(19)12-5-3-6-15-12/h8-9,12,15-16H,1-7H2/t12-/m0/s1. The number of aldehydes is 1. The van der Waals surface area contributed by atoms with Gasteiger partial charge in [0.15, 0.2) is 6.29 Å². The van der Waals surface area contributed by atoms with E-state index in [0.29, 0.717) is 5.69 Å². The maximum absolute atomic E-state index is 12.6. The van der Waals surface area contributed by atoms with Gasteiger partial charge in [0.05, 0.1) is 17.4 Å². The number of aromatic nitrogens is 1. The Hall–Kier alpha value is -1.62. The molecule has 102 valence electrons. The molecule has 1 aromatic heterocycles. The van der Waals surface area contributed by atoms with Gasteiger partial charge in [-0.15, -0.1) is 0 Å². The summed E-state index contributed by atoms with van der Waals surface area (Å²) < 4.78 is 0. The van der Waals surface area contributed by atoms with E-state index in [2.05, 4.69) is 10.3 Å². The Balaban J connectivity index is 1.90. The Morgan fingerprint density at radius 2 is 2.26 bits per heavy atom. The minimum Gasteiger partial charge on any atom is -0.354 e. The van der Waals surface area contributed by atoms with Gasteiger partial charge in [-0.1, -0.05) is 0 Å². The van der Waals surface area contributed by atoms with Gasteiger partial charge >= 0.3 is 0 Å². The fourth-order valence-corrected chi connectivity index (χ4v) is 3.01. The Labute approximate surface area is 112 Å². The van der Waals surface area contributed by atoms with Gasteiger partial charge in [-0.05, 0) is 44.7 Å². The first-order valence-electron chi connectivity index (χ1n) is 7.01. The molecule has 1 atom stereocenters. The van der Waals surface area contributed by atoms with E-state index in [9.17, 15) is 9.59 Å². The van der Waals surface area contributed by atoms with Crippen molar-refractivity contribution in [2.75, 3.05) is 18.0 Å². The number of carbonyl (C=O) groups excluding carboxylic acids is 2. The summed E-state index contributed by atoms with van der Waals surface area (Å²) in [6.45, 7) is 1.67. The summed E-state index contributed by atoms with van der Waals surface area (Å²) in [5.74, 6) is 0.150. The van der Waals surface area contributed by atoms with E-state index in [0.717, 1.165) is 62.9 Å². The lowest BCUT2D eigenvalue weighted by Gasteiger charge is -2.24. The fraction of sp³-hybridized carbons (Fsp3) is 0.571. The van der Waals surface area contributed by atoms with Gasteiger partial charge in [0.25, 0.3) is 0 Å². The van der Waals surface area contributed by atoms with Crippen LogP contribution in [0.4, 0.5) is 5.69 Å². The normalized spacial score (nSPS) is 22.9. The molecule has 3 rings (SSSR count). The summed E-state index contributed by atoms with van der Waals surface area (Å²) in [7, 11) is 0. The van der Waals surface area contributed by atoms with Crippen LogP contribution in [0.1, 0.15) is 41.9 Å². The summed E-state index contributed by atoms with van der Waals surface area (Å²) >= 11 is 0. The van der Waals surface area contributed by atoms with E-state index in [1.807, 2.05) is 4.90 Å². The molecule has 0 aromatic carbocycles. The molecule has 1 saturated heterocycles. The molecule has 3 heterocycles. The third kappa shape index (κ3) is 2.30. The van der Waals surface area contributed by atoms with E-state index in [1.165, 1.54) is 0 Å². The zero-order valence-electron chi connectivity index (χ0n) is 10.9. The molecule has 0 bridgehead atoms. The number of rotatable bonds is 2. The number of nitrogens with zero attached hydrogens (tertiary/aromatic N) is 1. The molecule has 2 aliphatic rings. The molecule has 5 nitrogen and oxygen atoms in total. The number of fused-ring (bicyclic) bond motifs is 1. The van der Waals surface area contributed by atoms with E-state index >= 15 is 0 Å². The summed E-state index contributed by atoms with van der Waals surface area (Å²) in [4.78, 5) is 28.4. The number of anilines is 1. The lowest BCUT2D eigenvalue weighted by Crippen LogP contribution is -2.44. The molecule has 0 spiro atoms. The minimum atomic E-state index is -0.0551. The topological polar surface area (TPSA) is 65.2 Å². The number of H-pyrrole nitrogens is 1. The molecule has 2 aliphatic heterocycles. The number of amides is 1. The summed E-state index contributed by atoms with van der Waals surface area (Å²) in [6, 6.07) is 1.75. The Kier molecular flexibility index (Phi) is 3.38. The second-order valence-corrected chi connectivity index (χ2v) is 5.30. The van der Waals surface area contributed by atoms with Crippen LogP contribution in [-0.4, -0.2) is 36.3 Å². The predicted molar refractivity (Wildman–Crippen MR) is 72.5 cm³/mol. The quantitative estimate of drug-likeness (QED) is 0.787. The summed E-state index contributed by atoms with van der Waals surface area (Å²) in [5, 5.41) is 3.25. The molecule has 2 N–H and O–H groups in total. The Morgan fingerprint density at radius 1 is 1.37 bits per heavy atom. The third-order valence-corrected chi connectivity index (χ3v) is 4.00. The van der Waals surface area contributed by atoms with Gasteiger partial charge in [0.2, 0.25) is 5.91 Å². The highest BCUT2D eigenvalue weighted by molar-refractivity contribution is 5.98. The van der Waals surface area contributed by atoms with Gasteiger partial charge < -0.3 is 15.2 Å². The lowest BCUT2D eigenvalue weighted by atomic mass is 10.2. The zero-order chi connectivity index (χ0) is 13.2. The highest BCUT2D eigenvalue weighted by Gasteiger charge is 2.30. The zero-order valence-corrected chi connectivity index (χ0v) is 10.9. The van der Waals surface area contributed by atoms with Crippen molar-refractivity contribution in [1.29, 1.82) is 0 Å². The molecule has 0 aliphatic carbocycles. The Bertz CT molecular complexity index is 489. The number of hydrogen-bond donors (Lipinski definition) is 2. The lowest BCUT2D eigenvalue weighted by molar-refractivity contribution is -0.120. The average molecular weight is 261 g/mol. The first-order chi connectivity index (χ1) is 9.29. The number of nitrogens with one attached hydrogen (secondary N) is 2. The molecule has 0 radical (unpaired) electrons. The van der Waals surface area contributed by atoms with Crippen molar-refractivity contribution >= 4 is 17.9 Å². The first kappa shape index (κ1) is 12.4. The Morgan fingerprint density at radius 3 is 3.00 bits per heavy atom. The van der Waals surface area contributed by atoms with Gasteiger partial charge in [-0.2, -0.15) is 0 Å². The van der Waals surface area contributed by atoms with Gasteiger partial charge in [-0.3, -0.25) is 9.59 Å². The van der Waals surface area contributed by atoms with E-state index in [-0.39, 0.29) is 11.9 Å². The highest BCUT2D eigenvalue weighted by Crippen LogP contribution is 2.28. The second kappa shape index (κ2) is 5.17. The molecule has 5 heteroatoms. The summed E-state index contributed by atoms with van der Waals surface area (Å²) in [5.41, 5.74) is 2.48. The first-order valence-corrected chi connectivity index (χ1v) is 7.01. The maximum atomic E-state index is 12.6. The fourth-order valence-electron chi connectivity index (χ4n) is 3.01. The average Bonchev–Trinajstić information content (AvgIpc) is 3.04. The van der Waals surface area contributed by atoms with Crippen LogP contribution in [0.25, 0.3) is 0 Å². The second-order valence-electron chi connectivity index (χ2n) is 5.30. The van der Waals surface area contributed by atoms with Crippen LogP contribution in [0.15, 0.2) is 6.07 Å². The molecular weight excluding hydrogens is 242 g/mol. The van der Waals surface area contributed by atoms with Gasteiger partial charge in [0.1, 0.15) is 0 Å². The van der Waals surface area contributed by atoms with Crippen LogP contribution in [-0.2, 0) is 11.2 Å². The van der Waals surface area contributed by atoms with E-state index in [1.54, 1.807) is 6.07 Å². The van der Waals surface area contributed by atoms with Crippen molar-refractivity contribution in [3.8, 4) is 0 Å². The SMILES string of the molecule is O=Cc1cc2c([nH]1)CCCCN2C(=O)[C@@H]1CCCN1. The largest absolute Gasteiger partial charge is 0.354 e. The molecule has 1 fully saturated rings. The van der Waals surface area contributed by atoms with Crippen molar-refractivity contribution in [3.63, 3.8) is 0 Å². The number of aromatic amines is 1. The molecule has 1 amide bonds. The van der Waals surface area contributed by atoms with Crippen LogP contribution in [0.2, 0.25) is 0 Å². The van der Waals surface area contributed by atoms with Crippen molar-refractivity contribution in [3.05, 3.63) is 17.5 Å². The van der Waals surface area contributed by atoms with Crippen LogP contribution in [0.5, 0.6) is 0 Å². The molecule has 1 aromatic rings. The number of hydrogen-bond acceptors (Lipinski definition) is 3. The smallest absolute Gasteiger partial charge is 0.244 e. The van der Waals surface area contributed by atoms with Gasteiger partial charge in [-0.25, -0.2) is 0 Å². The van der Waals surface area contributed by atoms with Crippen molar-refractivity contribution < 1.29 is 9.59 Å². The maximum Gasteiger partial charge on any atom is 0.244 e. The molecular formula is C14H19N3O2. The van der Waals surface area contributed by atoms with Crippen LogP contribution in [0, 0.1) is 0 Å². The van der Waals surface area contributed by atoms with Crippen molar-refractivity contribution in [1.82, 2.24) is 10.3 Å². The van der Waals surface area contributed by atoms with Gasteiger partial charge in [0, 0.05) is 12.2 Å². The van der Waals surface area contributed by atoms with E-state index in [4.69, 9.17) is 0 Å². The van der Waals surface area contributed by atoms with Crippen LogP contribution < -0.4 is 10.2 Å². The minimum absolute atomic E-state index is 0.0551. The highest BCUT2D eigenvalue weighted by atomic mass is 16.2. The number of aryl methyl sites for hydroxylation is 1. The van der Waals surface area contributed by atoms with Crippen LogP contribution in [0.3, 0.4) is 0 Å².